The molecule has 0 aliphatic rings. The molecule has 9 nitrogen and oxygen atoms in total. The second-order valence-corrected chi connectivity index (χ2v) is 7.33. The Balaban J connectivity index is 2.05. The number of hydrogen-bond donors (Lipinski definition) is 1. The molecule has 1 N–H and O–H groups in total. The second-order valence-electron chi connectivity index (χ2n) is 6.37. The number of benzene rings is 2. The van der Waals surface area contributed by atoms with Gasteiger partial charge in [-0.25, -0.2) is 9.79 Å². The minimum absolute atomic E-state index is 0.0218. The molecule has 0 atom stereocenters. The van der Waals surface area contributed by atoms with Crippen LogP contribution in [0.5, 0.6) is 5.88 Å². The van der Waals surface area contributed by atoms with E-state index in [9.17, 15) is 24.8 Å². The number of hydrogen-bond acceptors (Lipinski definition) is 7. The van der Waals surface area contributed by atoms with Crippen LogP contribution < -0.4 is 11.2 Å². The van der Waals surface area contributed by atoms with Crippen LogP contribution in [0.4, 0.5) is 11.4 Å². The average molecular weight is 426 g/mol. The minimum Gasteiger partial charge on any atom is -0.494 e. The Morgan fingerprint density at radius 1 is 1.07 bits per heavy atom. The van der Waals surface area contributed by atoms with Crippen molar-refractivity contribution in [3.63, 3.8) is 0 Å². The lowest BCUT2D eigenvalue weighted by molar-refractivity contribution is -0.384. The van der Waals surface area contributed by atoms with Gasteiger partial charge in [0.2, 0.25) is 5.88 Å². The molecule has 1 heterocycles. The van der Waals surface area contributed by atoms with Gasteiger partial charge in [-0.2, -0.15) is 0 Å². The summed E-state index contributed by atoms with van der Waals surface area (Å²) in [6.07, 6.45) is 0. The Morgan fingerprint density at radius 2 is 1.70 bits per heavy atom. The summed E-state index contributed by atoms with van der Waals surface area (Å²) in [7, 11) is 2.69. The van der Waals surface area contributed by atoms with Gasteiger partial charge in [0.05, 0.1) is 10.6 Å². The molecule has 0 unspecified atom stereocenters. The van der Waals surface area contributed by atoms with Crippen LogP contribution in [-0.2, 0) is 19.8 Å². The SMILES string of the molecule is Cn1c(O)c(C(=Nc2ccccc2)SCc2ccc([N+](=O)[O-])cc2)c(=O)n(C)c1=O. The maximum absolute atomic E-state index is 12.7. The molecular weight excluding hydrogens is 408 g/mol. The molecule has 3 aromatic rings. The van der Waals surface area contributed by atoms with Crippen LogP contribution in [-0.4, -0.2) is 24.2 Å². The second kappa shape index (κ2) is 8.78. The number of nitro groups is 1. The predicted octanol–water partition coefficient (Wildman–Crippen LogP) is 2.71. The van der Waals surface area contributed by atoms with Gasteiger partial charge in [0.15, 0.2) is 0 Å². The molecular formula is C20H18N4O5S. The van der Waals surface area contributed by atoms with E-state index in [-0.39, 0.29) is 16.3 Å². The van der Waals surface area contributed by atoms with E-state index in [1.807, 2.05) is 6.07 Å². The third-order valence-electron chi connectivity index (χ3n) is 4.36. The Kier molecular flexibility index (Phi) is 6.17. The molecule has 0 amide bonds. The maximum Gasteiger partial charge on any atom is 0.333 e. The van der Waals surface area contributed by atoms with Crippen molar-refractivity contribution >= 4 is 28.2 Å². The Bertz CT molecular complexity index is 1230. The van der Waals surface area contributed by atoms with Gasteiger partial charge in [-0.05, 0) is 17.7 Å². The van der Waals surface area contributed by atoms with E-state index in [1.165, 1.54) is 38.0 Å². The lowest BCUT2D eigenvalue weighted by Gasteiger charge is -2.12. The van der Waals surface area contributed by atoms with Gasteiger partial charge < -0.3 is 5.11 Å². The molecule has 0 aliphatic heterocycles. The van der Waals surface area contributed by atoms with Gasteiger partial charge in [-0.3, -0.25) is 24.0 Å². The van der Waals surface area contributed by atoms with Crippen molar-refractivity contribution in [1.82, 2.24) is 9.13 Å². The fourth-order valence-corrected chi connectivity index (χ4v) is 3.66. The van der Waals surface area contributed by atoms with E-state index >= 15 is 0 Å². The molecule has 0 spiro atoms. The molecule has 2 aromatic carbocycles. The summed E-state index contributed by atoms with van der Waals surface area (Å²) >= 11 is 1.18. The summed E-state index contributed by atoms with van der Waals surface area (Å²) < 4.78 is 1.88. The Labute approximate surface area is 175 Å². The normalized spacial score (nSPS) is 11.5. The van der Waals surface area contributed by atoms with E-state index < -0.39 is 22.1 Å². The van der Waals surface area contributed by atoms with Crippen molar-refractivity contribution in [2.75, 3.05) is 0 Å². The molecule has 0 fully saturated rings. The van der Waals surface area contributed by atoms with Crippen LogP contribution in [0.1, 0.15) is 11.1 Å². The largest absolute Gasteiger partial charge is 0.494 e. The molecule has 30 heavy (non-hydrogen) atoms. The van der Waals surface area contributed by atoms with Crippen LogP contribution in [0.2, 0.25) is 0 Å². The molecule has 3 rings (SSSR count). The first-order valence-electron chi connectivity index (χ1n) is 8.79. The topological polar surface area (TPSA) is 120 Å². The van der Waals surface area contributed by atoms with Gasteiger partial charge in [0.1, 0.15) is 10.6 Å². The molecule has 10 heteroatoms. The first kappa shape index (κ1) is 21.1. The van der Waals surface area contributed by atoms with Crippen LogP contribution in [0, 0.1) is 10.1 Å². The zero-order valence-corrected chi connectivity index (χ0v) is 17.0. The summed E-state index contributed by atoms with van der Waals surface area (Å²) in [6.45, 7) is 0. The predicted molar refractivity (Wildman–Crippen MR) is 116 cm³/mol. The van der Waals surface area contributed by atoms with E-state index in [0.717, 1.165) is 14.7 Å². The van der Waals surface area contributed by atoms with Crippen molar-refractivity contribution in [3.8, 4) is 5.88 Å². The van der Waals surface area contributed by atoms with Crippen molar-refractivity contribution < 1.29 is 10.0 Å². The molecule has 0 aliphatic carbocycles. The first-order chi connectivity index (χ1) is 14.3. The minimum atomic E-state index is -0.665. The monoisotopic (exact) mass is 426 g/mol. The lowest BCUT2D eigenvalue weighted by atomic mass is 10.2. The van der Waals surface area contributed by atoms with Crippen molar-refractivity contribution in [1.29, 1.82) is 0 Å². The highest BCUT2D eigenvalue weighted by molar-refractivity contribution is 8.13. The highest BCUT2D eigenvalue weighted by Crippen LogP contribution is 2.26. The van der Waals surface area contributed by atoms with E-state index in [0.29, 0.717) is 11.4 Å². The smallest absolute Gasteiger partial charge is 0.333 e. The van der Waals surface area contributed by atoms with Crippen LogP contribution in [0.3, 0.4) is 0 Å². The molecule has 0 saturated heterocycles. The zero-order chi connectivity index (χ0) is 21.8. The van der Waals surface area contributed by atoms with E-state index in [2.05, 4.69) is 4.99 Å². The molecule has 154 valence electrons. The van der Waals surface area contributed by atoms with Gasteiger partial charge in [0, 0.05) is 32.0 Å². The standard InChI is InChI=1S/C20H18N4O5S/c1-22-18(25)16(19(26)23(2)20(22)27)17(21-14-6-4-3-5-7-14)30-12-13-8-10-15(11-9-13)24(28)29/h3-11,25H,12H2,1-2H3. The van der Waals surface area contributed by atoms with Crippen molar-refractivity contribution in [3.05, 3.63) is 96.7 Å². The molecule has 0 bridgehead atoms. The quantitative estimate of drug-likeness (QED) is 0.290. The van der Waals surface area contributed by atoms with Crippen LogP contribution >= 0.6 is 11.8 Å². The third kappa shape index (κ3) is 4.33. The number of thioether (sulfide) groups is 1. The fraction of sp³-hybridized carbons (Fsp3) is 0.150. The molecule has 1 aromatic heterocycles. The highest BCUT2D eigenvalue weighted by atomic mass is 32.2. The van der Waals surface area contributed by atoms with Gasteiger partial charge >= 0.3 is 5.69 Å². The third-order valence-corrected chi connectivity index (χ3v) is 5.40. The lowest BCUT2D eigenvalue weighted by Crippen LogP contribution is -2.39. The number of para-hydroxylation sites is 1. The van der Waals surface area contributed by atoms with Gasteiger partial charge in [0.25, 0.3) is 11.2 Å². The summed E-state index contributed by atoms with van der Waals surface area (Å²) in [4.78, 5) is 39.7. The molecule has 0 saturated carbocycles. The maximum atomic E-state index is 12.7. The van der Waals surface area contributed by atoms with Crippen LogP contribution in [0.15, 0.2) is 69.2 Å². The summed E-state index contributed by atoms with van der Waals surface area (Å²) in [5, 5.41) is 21.6. The fourth-order valence-electron chi connectivity index (χ4n) is 2.67. The van der Waals surface area contributed by atoms with E-state index in [1.54, 1.807) is 36.4 Å². The van der Waals surface area contributed by atoms with Crippen molar-refractivity contribution in [2.45, 2.75) is 5.75 Å². The summed E-state index contributed by atoms with van der Waals surface area (Å²) in [5.41, 5.74) is -0.0875. The summed E-state index contributed by atoms with van der Waals surface area (Å²) in [6, 6.07) is 14.9. The summed E-state index contributed by atoms with van der Waals surface area (Å²) in [5.74, 6) is -0.135. The number of aliphatic imine (C=N–C) groups is 1. The first-order valence-corrected chi connectivity index (χ1v) is 9.77. The van der Waals surface area contributed by atoms with E-state index in [4.69, 9.17) is 0 Å². The number of nitrogens with zero attached hydrogens (tertiary/aromatic N) is 4. The average Bonchev–Trinajstić information content (AvgIpc) is 2.75. The van der Waals surface area contributed by atoms with Crippen molar-refractivity contribution in [2.24, 2.45) is 19.1 Å². The number of nitro benzene ring substituents is 1. The van der Waals surface area contributed by atoms with Gasteiger partial charge in [-0.15, -0.1) is 11.8 Å². The molecule has 0 radical (unpaired) electrons. The highest BCUT2D eigenvalue weighted by Gasteiger charge is 2.21. The Morgan fingerprint density at radius 3 is 2.30 bits per heavy atom. The van der Waals surface area contributed by atoms with Crippen LogP contribution in [0.25, 0.3) is 0 Å². The van der Waals surface area contributed by atoms with Gasteiger partial charge in [-0.1, -0.05) is 30.3 Å². The Hall–Kier alpha value is -3.66. The number of rotatable bonds is 5. The zero-order valence-electron chi connectivity index (χ0n) is 16.2. The number of non-ortho nitro benzene ring substituents is 1. The number of aromatic hydroxyl groups is 1. The number of aromatic nitrogens is 2.